The van der Waals surface area contributed by atoms with Crippen LogP contribution >= 0.6 is 0 Å². The summed E-state index contributed by atoms with van der Waals surface area (Å²) >= 11 is 0. The van der Waals surface area contributed by atoms with E-state index in [1.54, 1.807) is 49.3 Å². The summed E-state index contributed by atoms with van der Waals surface area (Å²) in [5, 5.41) is 5.71. The number of hydrogen-bond acceptors (Lipinski definition) is 4. The number of anilines is 2. The molecular weight excluding hydrogens is 382 g/mol. The molecule has 3 amide bonds. The molecule has 0 aliphatic carbocycles. The van der Waals surface area contributed by atoms with Crippen LogP contribution in [-0.2, 0) is 16.0 Å². The van der Waals surface area contributed by atoms with Crippen LogP contribution in [0.5, 0.6) is 5.75 Å². The van der Waals surface area contributed by atoms with Gasteiger partial charge in [-0.3, -0.25) is 14.4 Å². The van der Waals surface area contributed by atoms with Crippen molar-refractivity contribution >= 4 is 29.1 Å². The Morgan fingerprint density at radius 3 is 2.37 bits per heavy atom. The minimum absolute atomic E-state index is 0.00616. The molecule has 1 heterocycles. The molecule has 1 aliphatic rings. The second-order valence-electron chi connectivity index (χ2n) is 7.68. The number of fused-ring (bicyclic) bond motifs is 1. The lowest BCUT2D eigenvalue weighted by Crippen LogP contribution is -2.47. The molecule has 2 aromatic rings. The highest BCUT2D eigenvalue weighted by Gasteiger charge is 2.26. The van der Waals surface area contributed by atoms with Crippen LogP contribution in [0.1, 0.15) is 36.7 Å². The minimum atomic E-state index is -0.693. The Bertz CT molecular complexity index is 953. The van der Waals surface area contributed by atoms with Crippen LogP contribution < -0.4 is 20.3 Å². The van der Waals surface area contributed by atoms with Gasteiger partial charge in [0.2, 0.25) is 11.8 Å². The first kappa shape index (κ1) is 21.4. The lowest BCUT2D eigenvalue weighted by Gasteiger charge is -2.22. The van der Waals surface area contributed by atoms with Crippen LogP contribution in [0.3, 0.4) is 0 Å². The van der Waals surface area contributed by atoms with Crippen LogP contribution in [0, 0.1) is 5.92 Å². The quantitative estimate of drug-likeness (QED) is 0.768. The van der Waals surface area contributed by atoms with Crippen molar-refractivity contribution < 1.29 is 19.1 Å². The molecule has 0 unspecified atom stereocenters. The lowest BCUT2D eigenvalue weighted by atomic mass is 10.0. The summed E-state index contributed by atoms with van der Waals surface area (Å²) in [4.78, 5) is 38.9. The van der Waals surface area contributed by atoms with Crippen molar-refractivity contribution in [1.82, 2.24) is 5.32 Å². The number of amides is 3. The maximum atomic E-state index is 12.9. The molecule has 0 aromatic heterocycles. The second kappa shape index (κ2) is 8.98. The first-order chi connectivity index (χ1) is 14.3. The fourth-order valence-electron chi connectivity index (χ4n) is 3.53. The van der Waals surface area contributed by atoms with Gasteiger partial charge in [0.05, 0.1) is 7.11 Å². The first-order valence-corrected chi connectivity index (χ1v) is 9.97. The van der Waals surface area contributed by atoms with E-state index in [0.717, 1.165) is 17.7 Å². The van der Waals surface area contributed by atoms with Crippen molar-refractivity contribution in [2.75, 3.05) is 23.9 Å². The van der Waals surface area contributed by atoms with Crippen LogP contribution in [0.15, 0.2) is 42.5 Å². The van der Waals surface area contributed by atoms with E-state index in [0.29, 0.717) is 23.5 Å². The zero-order valence-electron chi connectivity index (χ0n) is 17.7. The van der Waals surface area contributed by atoms with Crippen LogP contribution in [0.4, 0.5) is 11.4 Å². The van der Waals surface area contributed by atoms with Gasteiger partial charge in [0.15, 0.2) is 0 Å². The monoisotopic (exact) mass is 409 g/mol. The van der Waals surface area contributed by atoms with E-state index in [4.69, 9.17) is 4.74 Å². The van der Waals surface area contributed by atoms with E-state index in [2.05, 4.69) is 10.6 Å². The Morgan fingerprint density at radius 1 is 1.07 bits per heavy atom. The van der Waals surface area contributed by atoms with Gasteiger partial charge in [0.1, 0.15) is 11.8 Å². The van der Waals surface area contributed by atoms with E-state index in [1.807, 2.05) is 26.0 Å². The van der Waals surface area contributed by atoms with Crippen molar-refractivity contribution in [2.45, 2.75) is 33.2 Å². The summed E-state index contributed by atoms with van der Waals surface area (Å²) in [6, 6.07) is 11.5. The fraction of sp³-hybridized carbons (Fsp3) is 0.348. The van der Waals surface area contributed by atoms with Crippen molar-refractivity contribution in [2.24, 2.45) is 5.92 Å². The van der Waals surface area contributed by atoms with Crippen molar-refractivity contribution in [3.63, 3.8) is 0 Å². The van der Waals surface area contributed by atoms with Gasteiger partial charge < -0.3 is 20.3 Å². The zero-order chi connectivity index (χ0) is 21.8. The summed E-state index contributed by atoms with van der Waals surface area (Å²) in [5.41, 5.74) is 3.00. The third kappa shape index (κ3) is 4.62. The molecule has 0 saturated heterocycles. The molecule has 30 heavy (non-hydrogen) atoms. The van der Waals surface area contributed by atoms with Gasteiger partial charge in [-0.05, 0) is 60.4 Å². The van der Waals surface area contributed by atoms with Crippen LogP contribution in [0.2, 0.25) is 0 Å². The number of methoxy groups -OCH3 is 1. The van der Waals surface area contributed by atoms with Gasteiger partial charge in [-0.2, -0.15) is 0 Å². The topological polar surface area (TPSA) is 87.7 Å². The van der Waals surface area contributed by atoms with E-state index in [-0.39, 0.29) is 23.6 Å². The molecule has 158 valence electrons. The SMILES string of the molecule is COc1ccc(C(=O)N[C@@H](C(=O)Nc2ccc3c(c2)CCN3C(C)=O)C(C)C)cc1. The fourth-order valence-corrected chi connectivity index (χ4v) is 3.53. The molecule has 0 spiro atoms. The molecule has 1 atom stereocenters. The second-order valence-corrected chi connectivity index (χ2v) is 7.68. The highest BCUT2D eigenvalue weighted by atomic mass is 16.5. The Kier molecular flexibility index (Phi) is 6.40. The average molecular weight is 409 g/mol. The molecule has 2 N–H and O–H groups in total. The summed E-state index contributed by atoms with van der Waals surface area (Å²) in [6.07, 6.45) is 0.750. The summed E-state index contributed by atoms with van der Waals surface area (Å²) in [5.74, 6) is -0.0445. The van der Waals surface area contributed by atoms with Crippen molar-refractivity contribution in [3.8, 4) is 5.75 Å². The van der Waals surface area contributed by atoms with Gasteiger partial charge in [-0.25, -0.2) is 0 Å². The third-order valence-corrected chi connectivity index (χ3v) is 5.21. The number of carbonyl (C=O) groups excluding carboxylic acids is 3. The van der Waals surface area contributed by atoms with E-state index < -0.39 is 6.04 Å². The molecule has 0 saturated carbocycles. The normalized spacial score (nSPS) is 13.6. The number of rotatable bonds is 6. The number of nitrogens with zero attached hydrogens (tertiary/aromatic N) is 1. The molecule has 7 nitrogen and oxygen atoms in total. The molecule has 1 aliphatic heterocycles. The van der Waals surface area contributed by atoms with E-state index >= 15 is 0 Å². The maximum absolute atomic E-state index is 12.9. The number of benzene rings is 2. The number of ether oxygens (including phenoxy) is 1. The largest absolute Gasteiger partial charge is 0.497 e. The van der Waals surface area contributed by atoms with Crippen molar-refractivity contribution in [1.29, 1.82) is 0 Å². The number of nitrogens with one attached hydrogen (secondary N) is 2. The number of hydrogen-bond donors (Lipinski definition) is 2. The van der Waals surface area contributed by atoms with E-state index in [9.17, 15) is 14.4 Å². The summed E-state index contributed by atoms with van der Waals surface area (Å²) in [7, 11) is 1.56. The van der Waals surface area contributed by atoms with Crippen molar-refractivity contribution in [3.05, 3.63) is 53.6 Å². The van der Waals surface area contributed by atoms with Gasteiger partial charge in [0.25, 0.3) is 5.91 Å². The Morgan fingerprint density at radius 2 is 1.77 bits per heavy atom. The van der Waals surface area contributed by atoms with E-state index in [1.165, 1.54) is 0 Å². The van der Waals surface area contributed by atoms with Gasteiger partial charge in [0, 0.05) is 30.4 Å². The summed E-state index contributed by atoms with van der Waals surface area (Å²) in [6.45, 7) is 5.95. The molecule has 2 aromatic carbocycles. The first-order valence-electron chi connectivity index (χ1n) is 9.97. The van der Waals surface area contributed by atoms with Gasteiger partial charge in [-0.15, -0.1) is 0 Å². The Hall–Kier alpha value is -3.35. The van der Waals surface area contributed by atoms with Crippen LogP contribution in [0.25, 0.3) is 0 Å². The predicted molar refractivity (Wildman–Crippen MR) is 116 cm³/mol. The smallest absolute Gasteiger partial charge is 0.251 e. The molecule has 0 radical (unpaired) electrons. The average Bonchev–Trinajstić information content (AvgIpc) is 3.15. The standard InChI is InChI=1S/C23H27N3O4/c1-14(2)21(25-22(28)16-5-8-19(30-4)9-6-16)23(29)24-18-7-10-20-17(13-18)11-12-26(20)15(3)27/h5-10,13-14,21H,11-12H2,1-4H3,(H,24,29)(H,25,28)/t21-/m1/s1. The zero-order valence-corrected chi connectivity index (χ0v) is 17.7. The van der Waals surface area contributed by atoms with Crippen LogP contribution in [-0.4, -0.2) is 37.4 Å². The third-order valence-electron chi connectivity index (χ3n) is 5.21. The molecule has 3 rings (SSSR count). The molecule has 0 bridgehead atoms. The molecular formula is C23H27N3O4. The van der Waals surface area contributed by atoms with Gasteiger partial charge in [-0.1, -0.05) is 13.8 Å². The summed E-state index contributed by atoms with van der Waals surface area (Å²) < 4.78 is 5.11. The van der Waals surface area contributed by atoms with Gasteiger partial charge >= 0.3 is 0 Å². The molecule has 0 fully saturated rings. The molecule has 7 heteroatoms. The lowest BCUT2D eigenvalue weighted by molar-refractivity contribution is -0.119. The highest BCUT2D eigenvalue weighted by molar-refractivity contribution is 6.02. The predicted octanol–water partition coefficient (Wildman–Crippen LogP) is 3.00. The highest BCUT2D eigenvalue weighted by Crippen LogP contribution is 2.30. The maximum Gasteiger partial charge on any atom is 0.251 e. The Balaban J connectivity index is 1.70. The number of carbonyl (C=O) groups is 3. The Labute approximate surface area is 176 Å². The minimum Gasteiger partial charge on any atom is -0.497 e.